The van der Waals surface area contributed by atoms with Crippen molar-refractivity contribution in [3.63, 3.8) is 0 Å². The molecule has 0 saturated heterocycles. The Morgan fingerprint density at radius 1 is 0.912 bits per heavy atom. The van der Waals surface area contributed by atoms with Crippen molar-refractivity contribution in [2.24, 2.45) is 0 Å². The number of hydrogen-bond acceptors (Lipinski definition) is 5. The number of carbonyl (C=O) groups excluding carboxylic acids is 2. The summed E-state index contributed by atoms with van der Waals surface area (Å²) in [5, 5.41) is 12.9. The number of nitrogens with zero attached hydrogens (tertiary/aromatic N) is 3. The number of benzene rings is 3. The van der Waals surface area contributed by atoms with E-state index in [9.17, 15) is 9.59 Å². The summed E-state index contributed by atoms with van der Waals surface area (Å²) in [5.41, 5.74) is 4.82. The quantitative estimate of drug-likeness (QED) is 0.250. The van der Waals surface area contributed by atoms with Gasteiger partial charge in [-0.2, -0.15) is 0 Å². The van der Waals surface area contributed by atoms with E-state index in [2.05, 4.69) is 28.5 Å². The SMILES string of the molecule is CC(=O)c1cccc(NC(=O)C(Sc2nnc3cc(C)c4ccccc4n23)c2ccccc2)c1. The number of hydrogen-bond donors (Lipinski definition) is 1. The van der Waals surface area contributed by atoms with Crippen molar-refractivity contribution >= 4 is 45.7 Å². The van der Waals surface area contributed by atoms with Crippen molar-refractivity contribution in [2.75, 3.05) is 5.32 Å². The monoisotopic (exact) mass is 466 g/mol. The van der Waals surface area contributed by atoms with E-state index in [-0.39, 0.29) is 11.7 Å². The first-order chi connectivity index (χ1) is 16.5. The van der Waals surface area contributed by atoms with E-state index in [1.807, 2.05) is 59.0 Å². The van der Waals surface area contributed by atoms with Gasteiger partial charge in [-0.25, -0.2) is 0 Å². The minimum atomic E-state index is -0.574. The summed E-state index contributed by atoms with van der Waals surface area (Å²) in [6.07, 6.45) is 0. The number of pyridine rings is 1. The average Bonchev–Trinajstić information content (AvgIpc) is 3.26. The second kappa shape index (κ2) is 9.11. The summed E-state index contributed by atoms with van der Waals surface area (Å²) >= 11 is 1.35. The molecular weight excluding hydrogens is 444 g/mol. The predicted octanol–water partition coefficient (Wildman–Crippen LogP) is 5.87. The summed E-state index contributed by atoms with van der Waals surface area (Å²) in [4.78, 5) is 25.3. The van der Waals surface area contributed by atoms with Gasteiger partial charge < -0.3 is 5.32 Å². The molecule has 2 heterocycles. The molecule has 3 aromatic carbocycles. The standard InChI is InChI=1S/C27H22N4O2S/c1-17-15-24-29-30-27(31(24)23-14-7-6-13-22(17)23)34-25(19-9-4-3-5-10-19)26(33)28-21-12-8-11-20(16-21)18(2)32/h3-16,25H,1-2H3,(H,28,33). The minimum absolute atomic E-state index is 0.0535. The molecular formula is C27H22N4O2S. The lowest BCUT2D eigenvalue weighted by Gasteiger charge is -2.17. The Morgan fingerprint density at radius 2 is 1.68 bits per heavy atom. The van der Waals surface area contributed by atoms with Crippen LogP contribution in [-0.2, 0) is 4.79 Å². The Morgan fingerprint density at radius 3 is 2.47 bits per heavy atom. The van der Waals surface area contributed by atoms with Gasteiger partial charge >= 0.3 is 0 Å². The fourth-order valence-corrected chi connectivity index (χ4v) is 5.04. The van der Waals surface area contributed by atoms with Gasteiger partial charge in [0.1, 0.15) is 5.25 Å². The number of Topliss-reactive ketones (excluding diaryl/α,β-unsaturated/α-hetero) is 1. The molecule has 0 spiro atoms. The van der Waals surface area contributed by atoms with Crippen LogP contribution in [0.3, 0.4) is 0 Å². The van der Waals surface area contributed by atoms with Crippen LogP contribution in [0.5, 0.6) is 0 Å². The van der Waals surface area contributed by atoms with Crippen molar-refractivity contribution < 1.29 is 9.59 Å². The van der Waals surface area contributed by atoms with E-state index < -0.39 is 5.25 Å². The van der Waals surface area contributed by atoms with Crippen molar-refractivity contribution in [2.45, 2.75) is 24.3 Å². The minimum Gasteiger partial charge on any atom is -0.325 e. The van der Waals surface area contributed by atoms with Gasteiger partial charge in [-0.05, 0) is 49.2 Å². The zero-order valence-corrected chi connectivity index (χ0v) is 19.5. The summed E-state index contributed by atoms with van der Waals surface area (Å²) in [5.74, 6) is -0.257. The molecule has 6 nitrogen and oxygen atoms in total. The Kier molecular flexibility index (Phi) is 5.86. The summed E-state index contributed by atoms with van der Waals surface area (Å²) in [6, 6.07) is 26.7. The number of amides is 1. The molecule has 1 atom stereocenters. The molecule has 5 aromatic rings. The Labute approximate surface area is 201 Å². The molecule has 0 radical (unpaired) electrons. The van der Waals surface area contributed by atoms with E-state index >= 15 is 0 Å². The number of aryl methyl sites for hydroxylation is 1. The van der Waals surface area contributed by atoms with Gasteiger partial charge in [0.15, 0.2) is 16.6 Å². The van der Waals surface area contributed by atoms with Crippen LogP contribution in [0.2, 0.25) is 0 Å². The van der Waals surface area contributed by atoms with Crippen LogP contribution in [0.1, 0.15) is 33.7 Å². The topological polar surface area (TPSA) is 76.4 Å². The van der Waals surface area contributed by atoms with E-state index in [4.69, 9.17) is 0 Å². The number of carbonyl (C=O) groups is 2. The fourth-order valence-electron chi connectivity index (χ4n) is 3.98. The first-order valence-electron chi connectivity index (χ1n) is 10.9. The molecule has 1 amide bonds. The highest BCUT2D eigenvalue weighted by molar-refractivity contribution is 8.00. The highest BCUT2D eigenvalue weighted by Crippen LogP contribution is 2.37. The van der Waals surface area contributed by atoms with E-state index in [1.165, 1.54) is 18.7 Å². The molecule has 1 unspecified atom stereocenters. The first-order valence-corrected chi connectivity index (χ1v) is 11.8. The maximum Gasteiger partial charge on any atom is 0.242 e. The number of rotatable bonds is 6. The van der Waals surface area contributed by atoms with Gasteiger partial charge in [0.2, 0.25) is 5.91 Å². The number of ketones is 1. The molecule has 0 aliphatic carbocycles. The molecule has 2 aromatic heterocycles. The third-order valence-corrected chi connectivity index (χ3v) is 6.87. The normalized spacial score (nSPS) is 12.1. The largest absolute Gasteiger partial charge is 0.325 e. The van der Waals surface area contributed by atoms with E-state index in [1.54, 1.807) is 24.3 Å². The lowest BCUT2D eigenvalue weighted by Crippen LogP contribution is -2.19. The Balaban J connectivity index is 1.55. The molecule has 1 N–H and O–H groups in total. The maximum atomic E-state index is 13.5. The number of thioether (sulfide) groups is 1. The molecule has 0 aliphatic heterocycles. The number of nitrogens with one attached hydrogen (secondary N) is 1. The number of aromatic nitrogens is 3. The summed E-state index contributed by atoms with van der Waals surface area (Å²) in [6.45, 7) is 3.56. The molecule has 5 rings (SSSR count). The Bertz CT molecular complexity index is 1530. The van der Waals surface area contributed by atoms with Crippen LogP contribution in [0.25, 0.3) is 16.6 Å². The predicted molar refractivity (Wildman–Crippen MR) is 135 cm³/mol. The van der Waals surface area contributed by atoms with Gasteiger partial charge in [-0.3, -0.25) is 14.0 Å². The lowest BCUT2D eigenvalue weighted by atomic mass is 10.1. The molecule has 168 valence electrons. The summed E-state index contributed by atoms with van der Waals surface area (Å²) < 4.78 is 1.99. The van der Waals surface area contributed by atoms with Crippen LogP contribution < -0.4 is 5.32 Å². The van der Waals surface area contributed by atoms with Crippen molar-refractivity contribution in [3.05, 3.63) is 102 Å². The summed E-state index contributed by atoms with van der Waals surface area (Å²) in [7, 11) is 0. The van der Waals surface area contributed by atoms with Crippen LogP contribution in [0.15, 0.2) is 90.1 Å². The van der Waals surface area contributed by atoms with Gasteiger partial charge in [0.25, 0.3) is 0 Å². The van der Waals surface area contributed by atoms with Crippen LogP contribution in [-0.4, -0.2) is 26.3 Å². The van der Waals surface area contributed by atoms with Gasteiger partial charge in [0, 0.05) is 16.6 Å². The maximum absolute atomic E-state index is 13.5. The lowest BCUT2D eigenvalue weighted by molar-refractivity contribution is -0.115. The first kappa shape index (κ1) is 21.9. The van der Waals surface area contributed by atoms with E-state index in [0.717, 1.165) is 27.7 Å². The second-order valence-electron chi connectivity index (χ2n) is 8.06. The number of para-hydroxylation sites is 1. The van der Waals surface area contributed by atoms with Gasteiger partial charge in [0.05, 0.1) is 5.52 Å². The third kappa shape index (κ3) is 4.18. The van der Waals surface area contributed by atoms with Crippen LogP contribution >= 0.6 is 11.8 Å². The van der Waals surface area contributed by atoms with Gasteiger partial charge in [-0.1, -0.05) is 72.4 Å². The molecule has 7 heteroatoms. The fraction of sp³-hybridized carbons (Fsp3) is 0.111. The van der Waals surface area contributed by atoms with E-state index in [0.29, 0.717) is 16.4 Å². The molecule has 0 aliphatic rings. The zero-order valence-electron chi connectivity index (χ0n) is 18.7. The smallest absolute Gasteiger partial charge is 0.242 e. The molecule has 0 fully saturated rings. The molecule has 0 bridgehead atoms. The molecule has 34 heavy (non-hydrogen) atoms. The molecule has 0 saturated carbocycles. The highest BCUT2D eigenvalue weighted by Gasteiger charge is 2.25. The Hall–Kier alpha value is -3.97. The third-order valence-electron chi connectivity index (χ3n) is 5.67. The van der Waals surface area contributed by atoms with Crippen LogP contribution in [0.4, 0.5) is 5.69 Å². The zero-order chi connectivity index (χ0) is 23.7. The van der Waals surface area contributed by atoms with Crippen molar-refractivity contribution in [1.82, 2.24) is 14.6 Å². The average molecular weight is 467 g/mol. The van der Waals surface area contributed by atoms with Crippen LogP contribution in [0, 0.1) is 6.92 Å². The second-order valence-corrected chi connectivity index (χ2v) is 9.13. The highest BCUT2D eigenvalue weighted by atomic mass is 32.2. The van der Waals surface area contributed by atoms with Crippen molar-refractivity contribution in [1.29, 1.82) is 0 Å². The van der Waals surface area contributed by atoms with Crippen molar-refractivity contribution in [3.8, 4) is 0 Å². The number of anilines is 1. The van der Waals surface area contributed by atoms with Gasteiger partial charge in [-0.15, -0.1) is 10.2 Å². The number of fused-ring (bicyclic) bond motifs is 3.